The molecular weight excluding hydrogens is 354 g/mol. The summed E-state index contributed by atoms with van der Waals surface area (Å²) < 4.78 is 37.4. The number of hydrogen-bond donors (Lipinski definition) is 1. The molecule has 7 heteroatoms. The topological polar surface area (TPSA) is 83.9 Å². The largest absolute Gasteiger partial charge is 0.453 e. The van der Waals surface area contributed by atoms with Gasteiger partial charge in [-0.2, -0.15) is 8.42 Å². The molecule has 1 amide bonds. The monoisotopic (exact) mass is 375 g/mol. The lowest BCUT2D eigenvalue weighted by Gasteiger charge is -2.41. The molecule has 138 valence electrons. The van der Waals surface area contributed by atoms with Crippen molar-refractivity contribution in [1.29, 1.82) is 0 Å². The Morgan fingerprint density at radius 3 is 1.96 bits per heavy atom. The standard InChI is InChI=1S/C19H21NO5S/c1-19(2,12-26(22,23)24)20(18(21)25-3)17-15-10-6-4-8-13(15)14-9-5-7-11-16(14)17/h4-11,17H,12H2,1-3H3,(H,22,23,24). The molecule has 26 heavy (non-hydrogen) atoms. The summed E-state index contributed by atoms with van der Waals surface area (Å²) >= 11 is 0. The van der Waals surface area contributed by atoms with Crippen molar-refractivity contribution in [2.45, 2.75) is 25.4 Å². The van der Waals surface area contributed by atoms with E-state index in [-0.39, 0.29) is 0 Å². The van der Waals surface area contributed by atoms with Crippen molar-refractivity contribution in [3.8, 4) is 11.1 Å². The smallest absolute Gasteiger partial charge is 0.410 e. The summed E-state index contributed by atoms with van der Waals surface area (Å²) in [5.74, 6) is -0.601. The number of ether oxygens (including phenoxy) is 1. The third-order valence-corrected chi connectivity index (χ3v) is 5.69. The summed E-state index contributed by atoms with van der Waals surface area (Å²) in [6, 6.07) is 14.9. The lowest BCUT2D eigenvalue weighted by molar-refractivity contribution is 0.0680. The van der Waals surface area contributed by atoms with E-state index in [4.69, 9.17) is 4.74 Å². The van der Waals surface area contributed by atoms with Gasteiger partial charge in [0.25, 0.3) is 10.1 Å². The Labute approximate surface area is 153 Å². The van der Waals surface area contributed by atoms with Crippen LogP contribution < -0.4 is 0 Å². The Bertz CT molecular complexity index is 906. The van der Waals surface area contributed by atoms with Crippen molar-refractivity contribution < 1.29 is 22.5 Å². The number of carbonyl (C=O) groups is 1. The van der Waals surface area contributed by atoms with E-state index in [1.54, 1.807) is 13.8 Å². The minimum atomic E-state index is -4.30. The van der Waals surface area contributed by atoms with Gasteiger partial charge in [-0.1, -0.05) is 48.5 Å². The zero-order valence-electron chi connectivity index (χ0n) is 14.8. The van der Waals surface area contributed by atoms with Gasteiger partial charge in [-0.25, -0.2) is 4.79 Å². The highest BCUT2D eigenvalue weighted by Gasteiger charge is 2.44. The average Bonchev–Trinajstić information content (AvgIpc) is 2.87. The molecule has 0 unspecified atom stereocenters. The Morgan fingerprint density at radius 2 is 1.54 bits per heavy atom. The van der Waals surface area contributed by atoms with Gasteiger partial charge >= 0.3 is 6.09 Å². The minimum Gasteiger partial charge on any atom is -0.453 e. The van der Waals surface area contributed by atoms with Crippen LogP contribution in [0, 0.1) is 0 Å². The number of hydrogen-bond acceptors (Lipinski definition) is 4. The highest BCUT2D eigenvalue weighted by atomic mass is 32.2. The Morgan fingerprint density at radius 1 is 1.08 bits per heavy atom. The van der Waals surface area contributed by atoms with Gasteiger partial charge in [-0.05, 0) is 36.1 Å². The fourth-order valence-electron chi connectivity index (χ4n) is 3.72. The van der Waals surface area contributed by atoms with Gasteiger partial charge in [-0.15, -0.1) is 0 Å². The van der Waals surface area contributed by atoms with Crippen LogP contribution in [0.4, 0.5) is 4.79 Å². The van der Waals surface area contributed by atoms with Gasteiger partial charge in [0, 0.05) is 0 Å². The lowest BCUT2D eigenvalue weighted by Crippen LogP contribution is -2.53. The van der Waals surface area contributed by atoms with E-state index in [0.717, 1.165) is 22.3 Å². The molecule has 0 aliphatic heterocycles. The second-order valence-electron chi connectivity index (χ2n) is 6.96. The van der Waals surface area contributed by atoms with Crippen LogP contribution in [0.5, 0.6) is 0 Å². The van der Waals surface area contributed by atoms with Crippen LogP contribution >= 0.6 is 0 Å². The first kappa shape index (κ1) is 18.4. The third kappa shape index (κ3) is 3.20. The van der Waals surface area contributed by atoms with Crippen molar-refractivity contribution in [3.05, 3.63) is 59.7 Å². The molecule has 0 atom stereocenters. The van der Waals surface area contributed by atoms with Crippen LogP contribution in [-0.2, 0) is 14.9 Å². The molecule has 1 aliphatic rings. The molecule has 0 heterocycles. The predicted octanol–water partition coefficient (Wildman–Crippen LogP) is 3.49. The summed E-state index contributed by atoms with van der Waals surface area (Å²) in [6.45, 7) is 3.20. The number of methoxy groups -OCH3 is 1. The Kier molecular flexibility index (Phi) is 4.54. The van der Waals surface area contributed by atoms with Crippen molar-refractivity contribution >= 4 is 16.2 Å². The second-order valence-corrected chi connectivity index (χ2v) is 8.41. The SMILES string of the molecule is COC(=O)N(C1c2ccccc2-c2ccccc21)C(C)(C)CS(=O)(=O)O. The summed E-state index contributed by atoms with van der Waals surface area (Å²) in [5, 5.41) is 0. The quantitative estimate of drug-likeness (QED) is 0.827. The fourth-order valence-corrected chi connectivity index (χ4v) is 4.76. The second kappa shape index (κ2) is 6.41. The lowest BCUT2D eigenvalue weighted by atomic mass is 9.97. The highest BCUT2D eigenvalue weighted by molar-refractivity contribution is 7.85. The van der Waals surface area contributed by atoms with E-state index in [1.165, 1.54) is 12.0 Å². The zero-order valence-corrected chi connectivity index (χ0v) is 15.7. The average molecular weight is 375 g/mol. The summed E-state index contributed by atoms with van der Waals surface area (Å²) in [4.78, 5) is 14.1. The number of amides is 1. The molecule has 2 aromatic carbocycles. The van der Waals surface area contributed by atoms with E-state index < -0.39 is 33.5 Å². The number of benzene rings is 2. The van der Waals surface area contributed by atoms with E-state index in [0.29, 0.717) is 0 Å². The first-order valence-electron chi connectivity index (χ1n) is 8.16. The molecule has 0 saturated heterocycles. The number of rotatable bonds is 4. The Balaban J connectivity index is 2.21. The van der Waals surface area contributed by atoms with Crippen LogP contribution in [0.3, 0.4) is 0 Å². The summed E-state index contributed by atoms with van der Waals surface area (Å²) in [7, 11) is -3.05. The third-order valence-electron chi connectivity index (χ3n) is 4.62. The maximum atomic E-state index is 12.7. The zero-order chi connectivity index (χ0) is 19.1. The van der Waals surface area contributed by atoms with Crippen LogP contribution in [-0.4, -0.2) is 42.4 Å². The van der Waals surface area contributed by atoms with Gasteiger partial charge in [0.15, 0.2) is 0 Å². The fraction of sp³-hybridized carbons (Fsp3) is 0.316. The molecule has 0 bridgehead atoms. The van der Waals surface area contributed by atoms with Crippen LogP contribution in [0.25, 0.3) is 11.1 Å². The molecule has 2 aromatic rings. The van der Waals surface area contributed by atoms with Crippen LogP contribution in [0.2, 0.25) is 0 Å². The molecule has 1 aliphatic carbocycles. The van der Waals surface area contributed by atoms with Gasteiger partial charge < -0.3 is 4.74 Å². The van der Waals surface area contributed by atoms with E-state index in [1.807, 2.05) is 48.5 Å². The molecule has 0 radical (unpaired) electrons. The maximum Gasteiger partial charge on any atom is 0.410 e. The first-order chi connectivity index (χ1) is 12.2. The van der Waals surface area contributed by atoms with E-state index in [9.17, 15) is 17.8 Å². The molecule has 6 nitrogen and oxygen atoms in total. The minimum absolute atomic E-state index is 0.508. The van der Waals surface area contributed by atoms with Crippen LogP contribution in [0.15, 0.2) is 48.5 Å². The van der Waals surface area contributed by atoms with Gasteiger partial charge in [0.2, 0.25) is 0 Å². The predicted molar refractivity (Wildman–Crippen MR) is 98.5 cm³/mol. The molecule has 0 spiro atoms. The number of fused-ring (bicyclic) bond motifs is 3. The molecule has 0 saturated carbocycles. The molecule has 0 fully saturated rings. The number of carbonyl (C=O) groups excluding carboxylic acids is 1. The molecule has 1 N–H and O–H groups in total. The normalized spacial score (nSPS) is 13.8. The van der Waals surface area contributed by atoms with Crippen molar-refractivity contribution in [1.82, 2.24) is 4.90 Å². The summed E-state index contributed by atoms with van der Waals surface area (Å²) in [5.41, 5.74) is 2.56. The first-order valence-corrected chi connectivity index (χ1v) is 9.77. The maximum absolute atomic E-state index is 12.7. The van der Waals surface area contributed by atoms with E-state index in [2.05, 4.69) is 0 Å². The summed E-state index contributed by atoms with van der Waals surface area (Å²) in [6.07, 6.45) is -0.657. The number of nitrogens with zero attached hydrogens (tertiary/aromatic N) is 1. The van der Waals surface area contributed by atoms with Crippen molar-refractivity contribution in [2.24, 2.45) is 0 Å². The van der Waals surface area contributed by atoms with Crippen molar-refractivity contribution in [3.63, 3.8) is 0 Å². The van der Waals surface area contributed by atoms with E-state index >= 15 is 0 Å². The highest BCUT2D eigenvalue weighted by Crippen LogP contribution is 2.48. The molecular formula is C19H21NO5S. The van der Waals surface area contributed by atoms with Crippen molar-refractivity contribution in [2.75, 3.05) is 12.9 Å². The molecule has 3 rings (SSSR count). The molecule has 0 aromatic heterocycles. The van der Waals surface area contributed by atoms with Gasteiger partial charge in [0.1, 0.15) is 0 Å². The van der Waals surface area contributed by atoms with Gasteiger partial charge in [-0.3, -0.25) is 9.45 Å². The van der Waals surface area contributed by atoms with Gasteiger partial charge in [0.05, 0.1) is 24.4 Å². The Hall–Kier alpha value is -2.38. The van der Waals surface area contributed by atoms with Crippen LogP contribution in [0.1, 0.15) is 31.0 Å².